The van der Waals surface area contributed by atoms with Crippen molar-refractivity contribution in [3.63, 3.8) is 0 Å². The molecule has 0 unspecified atom stereocenters. The van der Waals surface area contributed by atoms with Gasteiger partial charge in [0.15, 0.2) is 0 Å². The standard InChI is InChI=1S/C30H31Cl3F3N3O4S/c1-4-19(3)37-29(41)27(5-2)38(17-22-24(31)12-9-13-25(22)32)28(40)18-39(44(42,43)21-10-7-6-8-11-21)20-14-15-26(33)23(16-20)30(34,35)36/h6-16,19,27H,4-5,17-18H2,1-3H3,(H,37,41)/t19-,27-/m0/s1. The van der Waals surface area contributed by atoms with Crippen LogP contribution in [0.25, 0.3) is 0 Å². The first-order chi connectivity index (χ1) is 20.6. The predicted octanol–water partition coefficient (Wildman–Crippen LogP) is 7.58. The van der Waals surface area contributed by atoms with Gasteiger partial charge in [0.05, 0.1) is 21.2 Å². The van der Waals surface area contributed by atoms with Crippen molar-refractivity contribution in [2.75, 3.05) is 10.8 Å². The van der Waals surface area contributed by atoms with Gasteiger partial charge in [-0.3, -0.25) is 13.9 Å². The van der Waals surface area contributed by atoms with E-state index in [1.807, 2.05) is 6.92 Å². The molecule has 238 valence electrons. The molecule has 2 atom stereocenters. The number of nitrogens with one attached hydrogen (secondary N) is 1. The second-order valence-electron chi connectivity index (χ2n) is 9.95. The monoisotopic (exact) mass is 691 g/mol. The lowest BCUT2D eigenvalue weighted by molar-refractivity contribution is -0.140. The molecule has 0 aliphatic heterocycles. The van der Waals surface area contributed by atoms with E-state index in [1.54, 1.807) is 38.1 Å². The summed E-state index contributed by atoms with van der Waals surface area (Å²) in [6.07, 6.45) is -4.18. The Morgan fingerprint density at radius 1 is 0.886 bits per heavy atom. The lowest BCUT2D eigenvalue weighted by Crippen LogP contribution is -2.53. The van der Waals surface area contributed by atoms with Crippen LogP contribution in [0, 0.1) is 0 Å². The molecule has 0 saturated heterocycles. The minimum absolute atomic E-state index is 0.126. The summed E-state index contributed by atoms with van der Waals surface area (Å²) in [6, 6.07) is 12.9. The minimum Gasteiger partial charge on any atom is -0.352 e. The Kier molecular flexibility index (Phi) is 12.0. The zero-order chi connectivity index (χ0) is 32.8. The van der Waals surface area contributed by atoms with Crippen LogP contribution in [0.2, 0.25) is 15.1 Å². The normalized spacial score (nSPS) is 13.2. The Morgan fingerprint density at radius 3 is 2.05 bits per heavy atom. The van der Waals surface area contributed by atoms with Crippen LogP contribution in [-0.2, 0) is 32.3 Å². The van der Waals surface area contributed by atoms with Gasteiger partial charge in [-0.2, -0.15) is 13.2 Å². The average Bonchev–Trinajstić information content (AvgIpc) is 2.97. The summed E-state index contributed by atoms with van der Waals surface area (Å²) >= 11 is 18.6. The largest absolute Gasteiger partial charge is 0.417 e. The van der Waals surface area contributed by atoms with E-state index in [4.69, 9.17) is 34.8 Å². The molecule has 0 spiro atoms. The fourth-order valence-electron chi connectivity index (χ4n) is 4.35. The van der Waals surface area contributed by atoms with Crippen molar-refractivity contribution in [2.45, 2.75) is 63.3 Å². The zero-order valence-corrected chi connectivity index (χ0v) is 27.1. The van der Waals surface area contributed by atoms with Gasteiger partial charge < -0.3 is 10.2 Å². The summed E-state index contributed by atoms with van der Waals surface area (Å²) in [5.74, 6) is -1.38. The van der Waals surface area contributed by atoms with Crippen LogP contribution in [0.3, 0.4) is 0 Å². The number of rotatable bonds is 12. The Hall–Kier alpha value is -2.99. The highest BCUT2D eigenvalue weighted by molar-refractivity contribution is 7.92. The highest BCUT2D eigenvalue weighted by Crippen LogP contribution is 2.38. The van der Waals surface area contributed by atoms with Crippen LogP contribution >= 0.6 is 34.8 Å². The summed E-state index contributed by atoms with van der Waals surface area (Å²) in [4.78, 5) is 28.4. The van der Waals surface area contributed by atoms with Crippen LogP contribution in [0.4, 0.5) is 18.9 Å². The summed E-state index contributed by atoms with van der Waals surface area (Å²) < 4.78 is 69.7. The number of carbonyl (C=O) groups is 2. The zero-order valence-electron chi connectivity index (χ0n) is 24.0. The van der Waals surface area contributed by atoms with Crippen molar-refractivity contribution in [3.8, 4) is 0 Å². The average molecular weight is 693 g/mol. The second-order valence-corrected chi connectivity index (χ2v) is 13.0. The van der Waals surface area contributed by atoms with Crippen molar-refractivity contribution in [1.29, 1.82) is 0 Å². The number of hydrogen-bond acceptors (Lipinski definition) is 4. The van der Waals surface area contributed by atoms with Gasteiger partial charge in [-0.15, -0.1) is 0 Å². The number of hydrogen-bond donors (Lipinski definition) is 1. The third-order valence-corrected chi connectivity index (χ3v) is 9.76. The van der Waals surface area contributed by atoms with E-state index in [0.29, 0.717) is 22.4 Å². The van der Waals surface area contributed by atoms with Crippen LogP contribution < -0.4 is 9.62 Å². The molecule has 0 radical (unpaired) electrons. The Labute approximate surface area is 269 Å². The molecule has 14 heteroatoms. The van der Waals surface area contributed by atoms with Gasteiger partial charge in [-0.25, -0.2) is 8.42 Å². The second kappa shape index (κ2) is 14.9. The van der Waals surface area contributed by atoms with Crippen LogP contribution in [-0.4, -0.2) is 43.8 Å². The molecular weight excluding hydrogens is 662 g/mol. The topological polar surface area (TPSA) is 86.8 Å². The van der Waals surface area contributed by atoms with Crippen molar-refractivity contribution < 1.29 is 31.2 Å². The van der Waals surface area contributed by atoms with Gasteiger partial charge in [0.2, 0.25) is 11.8 Å². The van der Waals surface area contributed by atoms with Crippen LogP contribution in [0.15, 0.2) is 71.6 Å². The van der Waals surface area contributed by atoms with E-state index in [1.165, 1.54) is 24.3 Å². The van der Waals surface area contributed by atoms with Gasteiger partial charge in [0.1, 0.15) is 12.6 Å². The molecule has 1 N–H and O–H groups in total. The van der Waals surface area contributed by atoms with E-state index < -0.39 is 56.9 Å². The Bertz CT molecular complexity index is 1570. The van der Waals surface area contributed by atoms with Gasteiger partial charge in [-0.05, 0) is 62.2 Å². The number of halogens is 6. The fourth-order valence-corrected chi connectivity index (χ4v) is 6.52. The number of carbonyl (C=O) groups excluding carboxylic acids is 2. The van der Waals surface area contributed by atoms with Crippen molar-refractivity contribution in [1.82, 2.24) is 10.2 Å². The van der Waals surface area contributed by atoms with E-state index in [0.717, 1.165) is 17.0 Å². The number of sulfonamides is 1. The molecule has 7 nitrogen and oxygen atoms in total. The third-order valence-electron chi connectivity index (χ3n) is 6.93. The van der Waals surface area contributed by atoms with Crippen molar-refractivity contribution in [2.24, 2.45) is 0 Å². The maximum Gasteiger partial charge on any atom is 0.417 e. The smallest absolute Gasteiger partial charge is 0.352 e. The number of alkyl halides is 3. The highest BCUT2D eigenvalue weighted by Gasteiger charge is 2.37. The van der Waals surface area contributed by atoms with Gasteiger partial charge in [0.25, 0.3) is 10.0 Å². The maximum absolute atomic E-state index is 14.1. The maximum atomic E-state index is 14.1. The third kappa shape index (κ3) is 8.38. The SMILES string of the molecule is CC[C@H](C)NC(=O)[C@H](CC)N(Cc1c(Cl)cccc1Cl)C(=O)CN(c1ccc(Cl)c(C(F)(F)F)c1)S(=O)(=O)c1ccccc1. The number of benzene rings is 3. The molecular formula is C30H31Cl3F3N3O4S. The summed E-state index contributed by atoms with van der Waals surface area (Å²) in [6.45, 7) is 4.09. The molecule has 44 heavy (non-hydrogen) atoms. The summed E-state index contributed by atoms with van der Waals surface area (Å²) in [5.41, 5.74) is -1.43. The quantitative estimate of drug-likeness (QED) is 0.212. The lowest BCUT2D eigenvalue weighted by atomic mass is 10.1. The number of amides is 2. The first-order valence-corrected chi connectivity index (χ1v) is 16.2. The molecule has 3 aromatic carbocycles. The summed E-state index contributed by atoms with van der Waals surface area (Å²) in [5, 5.41) is 2.59. The molecule has 0 bridgehead atoms. The molecule has 3 rings (SSSR count). The van der Waals surface area contributed by atoms with Crippen molar-refractivity contribution in [3.05, 3.63) is 92.9 Å². The van der Waals surface area contributed by atoms with Gasteiger partial charge in [-0.1, -0.05) is 72.9 Å². The van der Waals surface area contributed by atoms with Crippen LogP contribution in [0.1, 0.15) is 44.7 Å². The van der Waals surface area contributed by atoms with E-state index >= 15 is 0 Å². The lowest BCUT2D eigenvalue weighted by Gasteiger charge is -2.34. The van der Waals surface area contributed by atoms with Gasteiger partial charge in [0, 0.05) is 28.2 Å². The molecule has 3 aromatic rings. The molecule has 0 aliphatic rings. The van der Waals surface area contributed by atoms with Crippen LogP contribution in [0.5, 0.6) is 0 Å². The molecule has 0 heterocycles. The minimum atomic E-state index is -4.91. The fraction of sp³-hybridized carbons (Fsp3) is 0.333. The molecule has 0 fully saturated rings. The molecule has 0 aromatic heterocycles. The number of anilines is 1. The van der Waals surface area contributed by atoms with E-state index in [2.05, 4.69) is 5.32 Å². The molecule has 2 amide bonds. The molecule has 0 aliphatic carbocycles. The summed E-state index contributed by atoms with van der Waals surface area (Å²) in [7, 11) is -4.60. The highest BCUT2D eigenvalue weighted by atomic mass is 35.5. The Balaban J connectivity index is 2.18. The van der Waals surface area contributed by atoms with E-state index in [-0.39, 0.29) is 33.9 Å². The first kappa shape index (κ1) is 35.5. The van der Waals surface area contributed by atoms with Crippen molar-refractivity contribution >= 4 is 62.3 Å². The van der Waals surface area contributed by atoms with E-state index in [9.17, 15) is 31.2 Å². The molecule has 0 saturated carbocycles. The Morgan fingerprint density at radius 2 is 1.50 bits per heavy atom. The van der Waals surface area contributed by atoms with Gasteiger partial charge >= 0.3 is 6.18 Å². The predicted molar refractivity (Wildman–Crippen MR) is 166 cm³/mol. The number of nitrogens with zero attached hydrogens (tertiary/aromatic N) is 2. The first-order valence-electron chi connectivity index (χ1n) is 13.6.